The van der Waals surface area contributed by atoms with Gasteiger partial charge in [0.2, 0.25) is 0 Å². The molecule has 1 aromatic rings. The van der Waals surface area contributed by atoms with Crippen LogP contribution in [0.15, 0.2) is 12.1 Å². The lowest BCUT2D eigenvalue weighted by atomic mass is 9.94. The van der Waals surface area contributed by atoms with Crippen LogP contribution in [0.1, 0.15) is 37.7 Å². The van der Waals surface area contributed by atoms with Crippen molar-refractivity contribution in [2.75, 3.05) is 11.9 Å². The van der Waals surface area contributed by atoms with Gasteiger partial charge in [0, 0.05) is 13.1 Å². The first-order valence-electron chi connectivity index (χ1n) is 5.90. The number of hydrogen-bond donors (Lipinski definition) is 0. The van der Waals surface area contributed by atoms with E-state index in [0.29, 0.717) is 6.04 Å². The van der Waals surface area contributed by atoms with Crippen molar-refractivity contribution in [1.29, 1.82) is 0 Å². The van der Waals surface area contributed by atoms with Crippen LogP contribution in [0.4, 0.5) is 5.69 Å². The molecule has 0 aromatic heterocycles. The van der Waals surface area contributed by atoms with Crippen LogP contribution in [-0.4, -0.2) is 13.1 Å². The van der Waals surface area contributed by atoms with Crippen LogP contribution in [0.2, 0.25) is 0 Å². The minimum atomic E-state index is 0.713. The van der Waals surface area contributed by atoms with Crippen molar-refractivity contribution in [2.45, 2.75) is 45.1 Å². The third-order valence-corrected chi connectivity index (χ3v) is 3.37. The lowest BCUT2D eigenvalue weighted by molar-refractivity contribution is 0.427. The summed E-state index contributed by atoms with van der Waals surface area (Å²) in [4.78, 5) is 2.38. The Hall–Kier alpha value is -1.16. The molecule has 1 aromatic carbocycles. The van der Waals surface area contributed by atoms with Gasteiger partial charge in [0.15, 0.2) is 0 Å². The Labute approximate surface area is 93.1 Å². The predicted octanol–water partition coefficient (Wildman–Crippen LogP) is 3.36. The summed E-state index contributed by atoms with van der Waals surface area (Å²) in [7, 11) is 2.19. The van der Waals surface area contributed by atoms with Gasteiger partial charge in [-0.05, 0) is 43.5 Å². The molecule has 0 spiro atoms. The molecule has 1 heteroatoms. The molecule has 2 rings (SSSR count). The zero-order chi connectivity index (χ0) is 10.7. The molecule has 15 heavy (non-hydrogen) atoms. The molecule has 1 fully saturated rings. The SMILES string of the molecule is Cc1cc#cc(N(C)C2CCCCC2)c1. The highest BCUT2D eigenvalue weighted by Gasteiger charge is 2.18. The van der Waals surface area contributed by atoms with Crippen molar-refractivity contribution in [3.05, 3.63) is 29.8 Å². The van der Waals surface area contributed by atoms with Crippen LogP contribution in [0.3, 0.4) is 0 Å². The Morgan fingerprint density at radius 1 is 1.27 bits per heavy atom. The zero-order valence-electron chi connectivity index (χ0n) is 9.71. The third-order valence-electron chi connectivity index (χ3n) is 3.37. The molecule has 0 atom stereocenters. The highest BCUT2D eigenvalue weighted by atomic mass is 15.1. The van der Waals surface area contributed by atoms with E-state index in [1.165, 1.54) is 43.4 Å². The maximum Gasteiger partial charge on any atom is 0.0885 e. The molecule has 0 saturated heterocycles. The lowest BCUT2D eigenvalue weighted by Gasteiger charge is -2.32. The van der Waals surface area contributed by atoms with E-state index in [1.807, 2.05) is 6.07 Å². The highest BCUT2D eigenvalue weighted by Crippen LogP contribution is 2.25. The molecule has 0 bridgehead atoms. The van der Waals surface area contributed by atoms with Gasteiger partial charge in [-0.1, -0.05) is 25.3 Å². The van der Waals surface area contributed by atoms with Crippen molar-refractivity contribution in [1.82, 2.24) is 0 Å². The second-order valence-electron chi connectivity index (χ2n) is 4.59. The fraction of sp³-hybridized carbons (Fsp3) is 0.571. The van der Waals surface area contributed by atoms with Crippen LogP contribution in [0.25, 0.3) is 0 Å². The minimum absolute atomic E-state index is 0.713. The topological polar surface area (TPSA) is 3.24 Å². The molecule has 1 aliphatic rings. The minimum Gasteiger partial charge on any atom is -0.365 e. The summed E-state index contributed by atoms with van der Waals surface area (Å²) in [6.07, 6.45) is 6.83. The Balaban J connectivity index is 2.08. The van der Waals surface area contributed by atoms with Crippen LogP contribution in [-0.2, 0) is 0 Å². The smallest absolute Gasteiger partial charge is 0.0885 e. The highest BCUT2D eigenvalue weighted by molar-refractivity contribution is 5.45. The molecule has 1 nitrogen and oxygen atoms in total. The Kier molecular flexibility index (Phi) is 3.16. The number of nitrogens with zero attached hydrogens (tertiary/aromatic N) is 1. The van der Waals surface area contributed by atoms with Crippen LogP contribution >= 0.6 is 0 Å². The normalized spacial score (nSPS) is 17.2. The fourth-order valence-electron chi connectivity index (χ4n) is 2.37. The first kappa shape index (κ1) is 10.4. The van der Waals surface area contributed by atoms with E-state index in [2.05, 4.69) is 37.1 Å². The number of anilines is 1. The number of aryl methyl sites for hydroxylation is 1. The molecule has 0 heterocycles. The van der Waals surface area contributed by atoms with Crippen molar-refractivity contribution in [3.63, 3.8) is 0 Å². The summed E-state index contributed by atoms with van der Waals surface area (Å²) in [5, 5.41) is 0. The van der Waals surface area contributed by atoms with Crippen molar-refractivity contribution >= 4 is 5.69 Å². The van der Waals surface area contributed by atoms with Gasteiger partial charge in [-0.25, -0.2) is 0 Å². The molecule has 0 radical (unpaired) electrons. The summed E-state index contributed by atoms with van der Waals surface area (Å²) < 4.78 is 0. The molecule has 1 saturated carbocycles. The maximum atomic E-state index is 3.21. The lowest BCUT2D eigenvalue weighted by Crippen LogP contribution is -2.33. The second-order valence-corrected chi connectivity index (χ2v) is 4.59. The van der Waals surface area contributed by atoms with Gasteiger partial charge >= 0.3 is 0 Å². The summed E-state index contributed by atoms with van der Waals surface area (Å²) in [5.74, 6) is 0. The quantitative estimate of drug-likeness (QED) is 0.709. The van der Waals surface area contributed by atoms with Gasteiger partial charge in [0.05, 0.1) is 5.69 Å². The summed E-state index contributed by atoms with van der Waals surface area (Å²) in [6.45, 7) is 2.11. The fourth-order valence-corrected chi connectivity index (χ4v) is 2.37. The van der Waals surface area contributed by atoms with Crippen molar-refractivity contribution in [3.8, 4) is 0 Å². The van der Waals surface area contributed by atoms with E-state index >= 15 is 0 Å². The van der Waals surface area contributed by atoms with E-state index < -0.39 is 0 Å². The predicted molar refractivity (Wildman–Crippen MR) is 64.1 cm³/mol. The monoisotopic (exact) mass is 201 g/mol. The van der Waals surface area contributed by atoms with E-state index in [4.69, 9.17) is 0 Å². The number of rotatable bonds is 2. The Morgan fingerprint density at radius 2 is 2.00 bits per heavy atom. The van der Waals surface area contributed by atoms with Gasteiger partial charge in [-0.15, -0.1) is 0 Å². The van der Waals surface area contributed by atoms with Gasteiger partial charge in [-0.3, -0.25) is 0 Å². The molecule has 80 valence electrons. The first-order valence-corrected chi connectivity index (χ1v) is 5.90. The summed E-state index contributed by atoms with van der Waals surface area (Å²) in [5.41, 5.74) is 2.47. The molecule has 0 aliphatic heterocycles. The molecule has 0 unspecified atom stereocenters. The van der Waals surface area contributed by atoms with Crippen molar-refractivity contribution in [2.24, 2.45) is 0 Å². The van der Waals surface area contributed by atoms with E-state index in [1.54, 1.807) is 0 Å². The summed E-state index contributed by atoms with van der Waals surface area (Å²) in [6, 6.07) is 11.2. The molecule has 0 amide bonds. The third kappa shape index (κ3) is 2.45. The zero-order valence-corrected chi connectivity index (χ0v) is 9.71. The van der Waals surface area contributed by atoms with E-state index in [9.17, 15) is 0 Å². The van der Waals surface area contributed by atoms with Gasteiger partial charge in [0.25, 0.3) is 0 Å². The molecule has 1 aliphatic carbocycles. The van der Waals surface area contributed by atoms with E-state index in [0.717, 1.165) is 0 Å². The maximum absolute atomic E-state index is 3.21. The van der Waals surface area contributed by atoms with Gasteiger partial charge in [-0.2, -0.15) is 0 Å². The van der Waals surface area contributed by atoms with Crippen LogP contribution < -0.4 is 4.90 Å². The van der Waals surface area contributed by atoms with Crippen LogP contribution in [0, 0.1) is 19.1 Å². The average molecular weight is 201 g/mol. The second kappa shape index (κ2) is 4.57. The Morgan fingerprint density at radius 3 is 2.67 bits per heavy atom. The molecular weight excluding hydrogens is 182 g/mol. The first-order chi connectivity index (χ1) is 7.27. The average Bonchev–Trinajstić information content (AvgIpc) is 2.29. The van der Waals surface area contributed by atoms with Gasteiger partial charge in [0.1, 0.15) is 0 Å². The van der Waals surface area contributed by atoms with Gasteiger partial charge < -0.3 is 4.90 Å². The molecular formula is C14H19N. The van der Waals surface area contributed by atoms with Crippen molar-refractivity contribution < 1.29 is 0 Å². The Bertz CT molecular complexity index is 313. The summed E-state index contributed by atoms with van der Waals surface area (Å²) >= 11 is 0. The largest absolute Gasteiger partial charge is 0.365 e. The van der Waals surface area contributed by atoms with E-state index in [-0.39, 0.29) is 0 Å². The van der Waals surface area contributed by atoms with Crippen LogP contribution in [0.5, 0.6) is 0 Å². The number of hydrogen-bond acceptors (Lipinski definition) is 1. The standard InChI is InChI=1S/C14H19N/c1-12-7-6-10-14(11-12)15(2)13-8-4-3-5-9-13/h7,11,13H,3-5,8-9H2,1-2H3. The molecule has 0 N–H and O–H groups in total.